The molecule has 3 heterocycles. The third-order valence-corrected chi connectivity index (χ3v) is 7.22. The molecule has 2 aromatic carbocycles. The number of hydrogen-bond donors (Lipinski definition) is 1. The molecule has 0 saturated carbocycles. The number of amides is 1. The average Bonchev–Trinajstić information content (AvgIpc) is 3.39. The first kappa shape index (κ1) is 27.9. The lowest BCUT2D eigenvalue weighted by atomic mass is 10.1. The number of allylic oxidation sites excluding steroid dienone is 1. The monoisotopic (exact) mass is 569 g/mol. The molecule has 0 radical (unpaired) electrons. The molecule has 1 unspecified atom stereocenters. The third-order valence-electron chi connectivity index (χ3n) is 7.22. The molecule has 1 atom stereocenters. The Labute approximate surface area is 235 Å². The van der Waals surface area contributed by atoms with E-state index in [1.165, 1.54) is 32.7 Å². The van der Waals surface area contributed by atoms with E-state index < -0.39 is 34.3 Å². The summed E-state index contributed by atoms with van der Waals surface area (Å²) in [5, 5.41) is 14.9. The lowest BCUT2D eigenvalue weighted by molar-refractivity contribution is -0.383. The van der Waals surface area contributed by atoms with E-state index in [1.807, 2.05) is 6.07 Å². The molecule has 5 rings (SSSR count). The van der Waals surface area contributed by atoms with Gasteiger partial charge in [0.25, 0.3) is 11.6 Å². The molecule has 3 aliphatic rings. The fraction of sp³-hybridized carbons (Fsp3) is 0.321. The maximum atomic E-state index is 14.9. The van der Waals surface area contributed by atoms with Gasteiger partial charge in [-0.1, -0.05) is 6.92 Å². The Morgan fingerprint density at radius 3 is 2.41 bits per heavy atom. The summed E-state index contributed by atoms with van der Waals surface area (Å²) in [7, 11) is 2.38. The Bertz CT molecular complexity index is 1440. The van der Waals surface area contributed by atoms with E-state index >= 15 is 0 Å². The first-order chi connectivity index (χ1) is 19.7. The molecule has 13 heteroatoms. The lowest BCUT2D eigenvalue weighted by Crippen LogP contribution is -2.46. The number of fused-ring (bicyclic) bond motifs is 1. The third kappa shape index (κ3) is 5.40. The Morgan fingerprint density at radius 1 is 1.12 bits per heavy atom. The summed E-state index contributed by atoms with van der Waals surface area (Å²) in [5.41, 5.74) is 0.664. The van der Waals surface area contributed by atoms with Gasteiger partial charge in [0.05, 0.1) is 25.3 Å². The van der Waals surface area contributed by atoms with Gasteiger partial charge in [0, 0.05) is 55.8 Å². The predicted molar refractivity (Wildman–Crippen MR) is 147 cm³/mol. The van der Waals surface area contributed by atoms with Crippen LogP contribution < -0.4 is 19.7 Å². The predicted octanol–water partition coefficient (Wildman–Crippen LogP) is 4.24. The number of likely N-dealkylation sites (N-methyl/N-ethyl adjacent to an activating group) is 1. The smallest absolute Gasteiger partial charge is 0.294 e. The SMILES string of the molecule is CCN1CCN(c2ccc(NC3C=C4C=CN(C(=O)c5c(F)c(OC)cc(OC)c5F)C=C4O3)c([N+](=O)[O-])c2)CC1. The maximum absolute atomic E-state index is 14.9. The normalized spacial score (nSPS) is 18.3. The van der Waals surface area contributed by atoms with Crippen molar-refractivity contribution in [3.05, 3.63) is 87.5 Å². The van der Waals surface area contributed by atoms with E-state index in [0.29, 0.717) is 5.57 Å². The van der Waals surface area contributed by atoms with Crippen LogP contribution in [0.3, 0.4) is 0 Å². The van der Waals surface area contributed by atoms with Crippen LogP contribution in [-0.2, 0) is 4.74 Å². The Balaban J connectivity index is 1.32. The van der Waals surface area contributed by atoms with E-state index in [1.54, 1.807) is 18.2 Å². The van der Waals surface area contributed by atoms with Crippen molar-refractivity contribution in [2.24, 2.45) is 0 Å². The number of nitrogens with one attached hydrogen (secondary N) is 1. The number of hydrogen-bond acceptors (Lipinski definition) is 9. The summed E-state index contributed by atoms with van der Waals surface area (Å²) in [5.74, 6) is -3.80. The number of methoxy groups -OCH3 is 2. The zero-order chi connectivity index (χ0) is 29.3. The fourth-order valence-electron chi connectivity index (χ4n) is 4.92. The molecule has 1 saturated heterocycles. The molecule has 3 aliphatic heterocycles. The van der Waals surface area contributed by atoms with E-state index in [4.69, 9.17) is 14.2 Å². The number of nitrogens with zero attached hydrogens (tertiary/aromatic N) is 4. The highest BCUT2D eigenvalue weighted by atomic mass is 19.1. The Morgan fingerprint density at radius 2 is 1.80 bits per heavy atom. The second-order valence-corrected chi connectivity index (χ2v) is 9.49. The van der Waals surface area contributed by atoms with Gasteiger partial charge in [-0.25, -0.2) is 8.78 Å². The van der Waals surface area contributed by atoms with Gasteiger partial charge in [-0.3, -0.25) is 19.8 Å². The van der Waals surface area contributed by atoms with Gasteiger partial charge in [-0.2, -0.15) is 0 Å². The molecular formula is C28H29F2N5O6. The summed E-state index contributed by atoms with van der Waals surface area (Å²) in [4.78, 5) is 30.0. The number of halogens is 2. The van der Waals surface area contributed by atoms with Crippen molar-refractivity contribution in [3.8, 4) is 11.5 Å². The number of carbonyl (C=O) groups excluding carboxylic acids is 1. The van der Waals surface area contributed by atoms with Crippen molar-refractivity contribution in [1.29, 1.82) is 0 Å². The van der Waals surface area contributed by atoms with Gasteiger partial charge in [0.1, 0.15) is 17.0 Å². The first-order valence-corrected chi connectivity index (χ1v) is 13.0. The molecule has 41 heavy (non-hydrogen) atoms. The molecule has 0 aliphatic carbocycles. The van der Waals surface area contributed by atoms with Crippen molar-refractivity contribution in [3.63, 3.8) is 0 Å². The number of nitro groups is 1. The number of nitro benzene ring substituents is 1. The Kier molecular flexibility index (Phi) is 7.79. The molecule has 0 bridgehead atoms. The summed E-state index contributed by atoms with van der Waals surface area (Å²) in [6.07, 6.45) is 5.05. The molecule has 1 N–H and O–H groups in total. The van der Waals surface area contributed by atoms with Crippen LogP contribution in [0.5, 0.6) is 11.5 Å². The molecule has 1 fully saturated rings. The minimum absolute atomic E-state index is 0.100. The number of anilines is 2. The molecule has 1 amide bonds. The zero-order valence-corrected chi connectivity index (χ0v) is 22.7. The van der Waals surface area contributed by atoms with E-state index in [9.17, 15) is 23.7 Å². The Hall–Kier alpha value is -4.65. The average molecular weight is 570 g/mol. The van der Waals surface area contributed by atoms with Crippen molar-refractivity contribution >= 4 is 23.0 Å². The molecule has 216 valence electrons. The van der Waals surface area contributed by atoms with Crippen LogP contribution in [-0.4, -0.2) is 73.8 Å². The van der Waals surface area contributed by atoms with Crippen LogP contribution in [0, 0.1) is 21.7 Å². The van der Waals surface area contributed by atoms with Gasteiger partial charge < -0.3 is 29.3 Å². The van der Waals surface area contributed by atoms with Crippen LogP contribution in [0.4, 0.5) is 25.8 Å². The fourth-order valence-corrected chi connectivity index (χ4v) is 4.92. The minimum Gasteiger partial charge on any atom is -0.494 e. The first-order valence-electron chi connectivity index (χ1n) is 13.0. The molecule has 11 nitrogen and oxygen atoms in total. The summed E-state index contributed by atoms with van der Waals surface area (Å²) in [6.45, 7) is 6.41. The number of rotatable bonds is 8. The second kappa shape index (κ2) is 11.5. The highest BCUT2D eigenvalue weighted by molar-refractivity contribution is 5.97. The van der Waals surface area contributed by atoms with Gasteiger partial charge in [-0.05, 0) is 30.8 Å². The van der Waals surface area contributed by atoms with Gasteiger partial charge in [0.2, 0.25) is 0 Å². The number of benzene rings is 2. The highest BCUT2D eigenvalue weighted by Gasteiger charge is 2.32. The van der Waals surface area contributed by atoms with Crippen molar-refractivity contribution < 1.29 is 32.7 Å². The van der Waals surface area contributed by atoms with Crippen LogP contribution in [0.25, 0.3) is 0 Å². The number of carbonyl (C=O) groups is 1. The van der Waals surface area contributed by atoms with E-state index in [-0.39, 0.29) is 28.6 Å². The number of piperazine rings is 1. The van der Waals surface area contributed by atoms with Crippen molar-refractivity contribution in [1.82, 2.24) is 9.80 Å². The standard InChI is InChI=1S/C28H29F2N5O6/c1-4-32-9-11-33(12-10-32)18-5-6-19(20(14-18)35(37)38)31-24-13-17-7-8-34(16-23(17)41-24)28(36)25-26(29)21(39-2)15-22(40-3)27(25)30/h5-8,13-16,24,31H,4,9-12H2,1-3H3. The second-order valence-electron chi connectivity index (χ2n) is 9.49. The maximum Gasteiger partial charge on any atom is 0.294 e. The van der Waals surface area contributed by atoms with Crippen LogP contribution in [0.15, 0.2) is 60.1 Å². The summed E-state index contributed by atoms with van der Waals surface area (Å²) in [6, 6.07) is 6.04. The highest BCUT2D eigenvalue weighted by Crippen LogP contribution is 2.36. The summed E-state index contributed by atoms with van der Waals surface area (Å²) < 4.78 is 45.5. The van der Waals surface area contributed by atoms with Gasteiger partial charge in [-0.15, -0.1) is 0 Å². The van der Waals surface area contributed by atoms with Crippen molar-refractivity contribution in [2.45, 2.75) is 13.2 Å². The van der Waals surface area contributed by atoms with E-state index in [0.717, 1.165) is 49.4 Å². The molecule has 0 aromatic heterocycles. The largest absolute Gasteiger partial charge is 0.494 e. The van der Waals surface area contributed by atoms with Gasteiger partial charge in [0.15, 0.2) is 29.4 Å². The van der Waals surface area contributed by atoms with Crippen LogP contribution in [0.1, 0.15) is 17.3 Å². The summed E-state index contributed by atoms with van der Waals surface area (Å²) >= 11 is 0. The number of ether oxygens (including phenoxy) is 3. The molecule has 0 spiro atoms. The minimum atomic E-state index is -1.17. The van der Waals surface area contributed by atoms with Crippen LogP contribution >= 0.6 is 0 Å². The van der Waals surface area contributed by atoms with Crippen LogP contribution in [0.2, 0.25) is 0 Å². The zero-order valence-electron chi connectivity index (χ0n) is 22.7. The van der Waals surface area contributed by atoms with Crippen molar-refractivity contribution in [2.75, 3.05) is 57.2 Å². The molecule has 2 aromatic rings. The lowest BCUT2D eigenvalue weighted by Gasteiger charge is -2.35. The topological polar surface area (TPSA) is 110 Å². The molecular weight excluding hydrogens is 540 g/mol. The quantitative estimate of drug-likeness (QED) is 0.369. The van der Waals surface area contributed by atoms with Gasteiger partial charge >= 0.3 is 0 Å². The van der Waals surface area contributed by atoms with E-state index in [2.05, 4.69) is 22.0 Å².